The first kappa shape index (κ1) is 27.6. The summed E-state index contributed by atoms with van der Waals surface area (Å²) in [6, 6.07) is 19.2. The van der Waals surface area contributed by atoms with Crippen molar-refractivity contribution in [2.24, 2.45) is 5.92 Å². The van der Waals surface area contributed by atoms with E-state index in [1.54, 1.807) is 60.2 Å². The van der Waals surface area contributed by atoms with Crippen molar-refractivity contribution in [3.63, 3.8) is 0 Å². The van der Waals surface area contributed by atoms with Crippen LogP contribution in [0.2, 0.25) is 0 Å². The Morgan fingerprint density at radius 1 is 1.00 bits per heavy atom. The number of aromatic nitrogens is 2. The van der Waals surface area contributed by atoms with Gasteiger partial charge >= 0.3 is 6.61 Å². The summed E-state index contributed by atoms with van der Waals surface area (Å²) in [7, 11) is 1.56. The van der Waals surface area contributed by atoms with Crippen LogP contribution in [0, 0.1) is 5.92 Å². The second-order valence-electron chi connectivity index (χ2n) is 10.3. The van der Waals surface area contributed by atoms with Crippen LogP contribution in [-0.4, -0.2) is 47.3 Å². The van der Waals surface area contributed by atoms with Gasteiger partial charge in [-0.05, 0) is 81.6 Å². The molecule has 7 nitrogen and oxygen atoms in total. The van der Waals surface area contributed by atoms with Crippen LogP contribution in [0.25, 0.3) is 22.3 Å². The molecule has 1 aromatic heterocycles. The maximum absolute atomic E-state index is 14.1. The number of fused-ring (bicyclic) bond motifs is 1. The Balaban J connectivity index is 1.62. The van der Waals surface area contributed by atoms with E-state index < -0.39 is 6.61 Å². The Morgan fingerprint density at radius 2 is 1.73 bits per heavy atom. The molecule has 210 valence electrons. The molecular weight excluding hydrogens is 516 g/mol. The standard InChI is InChI=1S/C31H33F2N3O4/c1-20(2)35-16-8-9-21(18-35)19-36-29(23-10-4-5-11-26(23)40-31(32)33)34-25-15-14-22(17-24(25)30(36)37)39-28-13-7-6-12-27(28)38-3/h4-7,10-15,17,20-21,31H,8-9,16,18-19H2,1-3H3. The molecule has 0 N–H and O–H groups in total. The maximum Gasteiger partial charge on any atom is 0.387 e. The van der Waals surface area contributed by atoms with Crippen molar-refractivity contribution in [2.45, 2.75) is 45.9 Å². The number of hydrogen-bond acceptors (Lipinski definition) is 6. The molecule has 1 unspecified atom stereocenters. The average molecular weight is 550 g/mol. The van der Waals surface area contributed by atoms with Gasteiger partial charge in [-0.1, -0.05) is 24.3 Å². The van der Waals surface area contributed by atoms with E-state index in [1.165, 1.54) is 6.07 Å². The van der Waals surface area contributed by atoms with Gasteiger partial charge in [0.05, 0.1) is 23.6 Å². The van der Waals surface area contributed by atoms with Gasteiger partial charge in [0, 0.05) is 19.1 Å². The van der Waals surface area contributed by atoms with Crippen molar-refractivity contribution < 1.29 is 23.0 Å². The van der Waals surface area contributed by atoms with Crippen molar-refractivity contribution in [2.75, 3.05) is 20.2 Å². The number of rotatable bonds is 9. The fourth-order valence-electron chi connectivity index (χ4n) is 5.29. The molecular formula is C31H33F2N3O4. The second kappa shape index (κ2) is 12.0. The van der Waals surface area contributed by atoms with Crippen LogP contribution in [0.4, 0.5) is 8.78 Å². The van der Waals surface area contributed by atoms with Crippen molar-refractivity contribution in [3.05, 3.63) is 77.1 Å². The van der Waals surface area contributed by atoms with Crippen LogP contribution in [0.3, 0.4) is 0 Å². The predicted molar refractivity (Wildman–Crippen MR) is 151 cm³/mol. The molecule has 0 bridgehead atoms. The summed E-state index contributed by atoms with van der Waals surface area (Å²) >= 11 is 0. The van der Waals surface area contributed by atoms with Gasteiger partial charge in [0.2, 0.25) is 0 Å². The third kappa shape index (κ3) is 5.94. The van der Waals surface area contributed by atoms with Crippen molar-refractivity contribution in [1.82, 2.24) is 14.5 Å². The zero-order valence-electron chi connectivity index (χ0n) is 22.8. The summed E-state index contributed by atoms with van der Waals surface area (Å²) in [5.74, 6) is 2.01. The highest BCUT2D eigenvalue weighted by Crippen LogP contribution is 2.34. The van der Waals surface area contributed by atoms with Gasteiger partial charge in [0.15, 0.2) is 11.5 Å². The number of alkyl halides is 2. The fraction of sp³-hybridized carbons (Fsp3) is 0.355. The predicted octanol–water partition coefficient (Wildman–Crippen LogP) is 6.59. The molecule has 4 aromatic rings. The summed E-state index contributed by atoms with van der Waals surface area (Å²) < 4.78 is 44.4. The summed E-state index contributed by atoms with van der Waals surface area (Å²) in [5, 5.41) is 0.375. The summed E-state index contributed by atoms with van der Waals surface area (Å²) in [5.41, 5.74) is 0.509. The smallest absolute Gasteiger partial charge is 0.387 e. The molecule has 0 amide bonds. The molecule has 40 heavy (non-hydrogen) atoms. The molecule has 9 heteroatoms. The minimum absolute atomic E-state index is 0.0268. The number of hydrogen-bond donors (Lipinski definition) is 0. The lowest BCUT2D eigenvalue weighted by atomic mass is 9.96. The minimum atomic E-state index is -3.01. The Kier molecular flexibility index (Phi) is 8.30. The Labute approximate surface area is 231 Å². The summed E-state index contributed by atoms with van der Waals surface area (Å²) in [6.45, 7) is 3.58. The zero-order valence-corrected chi connectivity index (χ0v) is 22.8. The average Bonchev–Trinajstić information content (AvgIpc) is 2.95. The molecule has 1 aliphatic heterocycles. The number of halogens is 2. The summed E-state index contributed by atoms with van der Waals surface area (Å²) in [4.78, 5) is 21.3. The first-order chi connectivity index (χ1) is 19.3. The highest BCUT2D eigenvalue weighted by Gasteiger charge is 2.25. The number of benzene rings is 3. The number of likely N-dealkylation sites (tertiary alicyclic amines) is 1. The van der Waals surface area contributed by atoms with Crippen molar-refractivity contribution >= 4 is 10.9 Å². The number of methoxy groups -OCH3 is 1. The molecule has 0 spiro atoms. The third-order valence-electron chi connectivity index (χ3n) is 7.29. The van der Waals surface area contributed by atoms with Crippen molar-refractivity contribution in [1.29, 1.82) is 0 Å². The first-order valence-corrected chi connectivity index (χ1v) is 13.5. The van der Waals surface area contributed by atoms with Crippen molar-refractivity contribution in [3.8, 4) is 34.4 Å². The largest absolute Gasteiger partial charge is 0.493 e. The first-order valence-electron chi connectivity index (χ1n) is 13.5. The van der Waals surface area contributed by atoms with Crippen LogP contribution in [-0.2, 0) is 6.54 Å². The Hall–Kier alpha value is -3.98. The van der Waals surface area contributed by atoms with E-state index in [0.717, 1.165) is 25.9 Å². The highest BCUT2D eigenvalue weighted by atomic mass is 19.3. The lowest BCUT2D eigenvalue weighted by Crippen LogP contribution is -2.42. The van der Waals surface area contributed by atoms with Gasteiger partial charge in [0.25, 0.3) is 5.56 Å². The van der Waals surface area contributed by atoms with E-state index in [0.29, 0.717) is 52.1 Å². The zero-order chi connectivity index (χ0) is 28.2. The highest BCUT2D eigenvalue weighted by molar-refractivity contribution is 5.82. The molecule has 0 saturated carbocycles. The molecule has 0 radical (unpaired) electrons. The summed E-state index contributed by atoms with van der Waals surface area (Å²) in [6.07, 6.45) is 1.98. The van der Waals surface area contributed by atoms with Gasteiger partial charge < -0.3 is 19.1 Å². The van der Waals surface area contributed by atoms with E-state index in [2.05, 4.69) is 18.7 Å². The van der Waals surface area contributed by atoms with Gasteiger partial charge in [-0.25, -0.2) is 4.98 Å². The number of piperidine rings is 1. The third-order valence-corrected chi connectivity index (χ3v) is 7.29. The SMILES string of the molecule is COc1ccccc1Oc1ccc2nc(-c3ccccc3OC(F)F)n(CC3CCCN(C(C)C)C3)c(=O)c2c1. The second-order valence-corrected chi connectivity index (χ2v) is 10.3. The van der Waals surface area contributed by atoms with Gasteiger partial charge in [-0.15, -0.1) is 0 Å². The molecule has 1 atom stereocenters. The Morgan fingerprint density at radius 3 is 2.45 bits per heavy atom. The van der Waals surface area contributed by atoms with E-state index in [1.807, 2.05) is 12.1 Å². The Bertz CT molecular complexity index is 1540. The monoisotopic (exact) mass is 549 g/mol. The molecule has 1 aliphatic rings. The van der Waals surface area contributed by atoms with Gasteiger partial charge in [0.1, 0.15) is 17.3 Å². The van der Waals surface area contributed by atoms with Crippen LogP contribution in [0.5, 0.6) is 23.0 Å². The molecule has 1 saturated heterocycles. The van der Waals surface area contributed by atoms with Crippen LogP contribution in [0.1, 0.15) is 26.7 Å². The number of ether oxygens (including phenoxy) is 3. The van der Waals surface area contributed by atoms with Gasteiger partial charge in [-0.2, -0.15) is 8.78 Å². The molecule has 1 fully saturated rings. The number of nitrogens with zero attached hydrogens (tertiary/aromatic N) is 3. The van der Waals surface area contributed by atoms with E-state index >= 15 is 0 Å². The van der Waals surface area contributed by atoms with Crippen LogP contribution in [0.15, 0.2) is 71.5 Å². The lowest BCUT2D eigenvalue weighted by molar-refractivity contribution is -0.0494. The lowest BCUT2D eigenvalue weighted by Gasteiger charge is -2.36. The minimum Gasteiger partial charge on any atom is -0.493 e. The molecule has 0 aliphatic carbocycles. The van der Waals surface area contributed by atoms with Gasteiger partial charge in [-0.3, -0.25) is 9.36 Å². The quantitative estimate of drug-likeness (QED) is 0.235. The van der Waals surface area contributed by atoms with Crippen LogP contribution < -0.4 is 19.8 Å². The maximum atomic E-state index is 14.1. The van der Waals surface area contributed by atoms with Crippen LogP contribution >= 0.6 is 0 Å². The topological polar surface area (TPSA) is 65.8 Å². The fourth-order valence-corrected chi connectivity index (χ4v) is 5.29. The van der Waals surface area contributed by atoms with E-state index in [4.69, 9.17) is 19.2 Å². The van der Waals surface area contributed by atoms with E-state index in [-0.39, 0.29) is 17.2 Å². The molecule has 3 aromatic carbocycles. The molecule has 5 rings (SSSR count). The normalized spacial score (nSPS) is 16.0. The van der Waals surface area contributed by atoms with E-state index in [9.17, 15) is 13.6 Å². The molecule has 2 heterocycles. The number of para-hydroxylation sites is 3.